The Labute approximate surface area is 83.5 Å². The van der Waals surface area contributed by atoms with Crippen molar-refractivity contribution in [2.75, 3.05) is 0 Å². The molecule has 0 N–H and O–H groups in total. The van der Waals surface area contributed by atoms with Gasteiger partial charge in [-0.2, -0.15) is 0 Å². The first-order chi connectivity index (χ1) is 5.98. The number of halogens is 3. The quantitative estimate of drug-likeness (QED) is 0.450. The third-order valence-electron chi connectivity index (χ3n) is 0.927. The fourth-order valence-corrected chi connectivity index (χ4v) is 1.99. The Morgan fingerprint density at radius 1 is 1.54 bits per heavy atom. The molecule has 0 rings (SSSR count). The Morgan fingerprint density at radius 2 is 2.15 bits per heavy atom. The fourth-order valence-electron chi connectivity index (χ4n) is 0.377. The van der Waals surface area contributed by atoms with E-state index < -0.39 is 32.9 Å². The molecule has 0 saturated carbocycles. The van der Waals surface area contributed by atoms with E-state index in [9.17, 15) is 18.0 Å². The number of alkyl halides is 3. The molecule has 0 aliphatic heterocycles. The summed E-state index contributed by atoms with van der Waals surface area (Å²) in [6.07, 6.45) is -3.87. The van der Waals surface area contributed by atoms with E-state index in [1.807, 2.05) is 6.07 Å². The molecule has 0 aromatic carbocycles. The molecule has 0 atom stereocenters. The standard InChI is InChI=1S/C7H6F3NOTe/c8-7(9,10)6(12)2-5-13-4-1-3-11/h2,5H,1,4H2/b5-2-. The third-order valence-corrected chi connectivity index (χ3v) is 3.12. The normalized spacial score (nSPS) is 11.5. The van der Waals surface area contributed by atoms with Gasteiger partial charge in [0.1, 0.15) is 0 Å². The zero-order valence-corrected chi connectivity index (χ0v) is 8.80. The molecule has 72 valence electrons. The van der Waals surface area contributed by atoms with Crippen molar-refractivity contribution in [3.05, 3.63) is 10.2 Å². The topological polar surface area (TPSA) is 40.9 Å². The minimum absolute atomic E-state index is 0.340. The molecule has 0 bridgehead atoms. The molecule has 0 amide bonds. The van der Waals surface area contributed by atoms with Gasteiger partial charge in [0.2, 0.25) is 0 Å². The van der Waals surface area contributed by atoms with E-state index in [2.05, 4.69) is 0 Å². The van der Waals surface area contributed by atoms with E-state index in [1.54, 1.807) is 0 Å². The zero-order valence-electron chi connectivity index (χ0n) is 6.47. The Balaban J connectivity index is 3.75. The molecule has 0 radical (unpaired) electrons. The van der Waals surface area contributed by atoms with E-state index in [-0.39, 0.29) is 0 Å². The molecule has 2 nitrogen and oxygen atoms in total. The molecule has 0 aliphatic carbocycles. The van der Waals surface area contributed by atoms with Crippen molar-refractivity contribution in [3.8, 4) is 6.07 Å². The molecule has 0 heterocycles. The van der Waals surface area contributed by atoms with Gasteiger partial charge in [-0.25, -0.2) is 0 Å². The second kappa shape index (κ2) is 6.01. The number of ketones is 1. The number of nitriles is 1. The van der Waals surface area contributed by atoms with Crippen molar-refractivity contribution >= 4 is 26.7 Å². The summed E-state index contributed by atoms with van der Waals surface area (Å²) in [4.78, 5) is 10.2. The van der Waals surface area contributed by atoms with Crippen LogP contribution in [0.3, 0.4) is 0 Å². The van der Waals surface area contributed by atoms with Gasteiger partial charge in [-0.15, -0.1) is 0 Å². The number of carbonyl (C=O) groups excluding carboxylic acids is 1. The number of carbonyl (C=O) groups is 1. The zero-order chi connectivity index (χ0) is 10.3. The van der Waals surface area contributed by atoms with Gasteiger partial charge in [-0.3, -0.25) is 0 Å². The van der Waals surface area contributed by atoms with Crippen LogP contribution in [0.1, 0.15) is 6.42 Å². The molecule has 0 fully saturated rings. The monoisotopic (exact) mass is 307 g/mol. The summed E-state index contributed by atoms with van der Waals surface area (Å²) in [5, 5.41) is 8.10. The van der Waals surface area contributed by atoms with Crippen LogP contribution in [0.2, 0.25) is 4.47 Å². The molecular formula is C7H6F3NOTe. The van der Waals surface area contributed by atoms with E-state index >= 15 is 0 Å². The van der Waals surface area contributed by atoms with E-state index in [0.29, 0.717) is 17.0 Å². The van der Waals surface area contributed by atoms with Gasteiger partial charge in [0, 0.05) is 0 Å². The van der Waals surface area contributed by atoms with Crippen LogP contribution in [0.15, 0.2) is 10.2 Å². The van der Waals surface area contributed by atoms with E-state index in [1.165, 1.54) is 4.12 Å². The number of allylic oxidation sites excluding steroid dienone is 1. The van der Waals surface area contributed by atoms with Crippen LogP contribution < -0.4 is 0 Å². The Kier molecular flexibility index (Phi) is 5.77. The summed E-state index contributed by atoms with van der Waals surface area (Å²) in [5.41, 5.74) is 0. The Morgan fingerprint density at radius 3 is 2.62 bits per heavy atom. The molecule has 0 spiro atoms. The van der Waals surface area contributed by atoms with Crippen molar-refractivity contribution in [1.29, 1.82) is 5.26 Å². The van der Waals surface area contributed by atoms with Crippen LogP contribution in [-0.4, -0.2) is 32.9 Å². The summed E-state index contributed by atoms with van der Waals surface area (Å²) in [7, 11) is 0. The van der Waals surface area contributed by atoms with Crippen LogP contribution in [-0.2, 0) is 4.79 Å². The minimum atomic E-state index is -4.77. The fraction of sp³-hybridized carbons (Fsp3) is 0.429. The molecule has 0 aromatic heterocycles. The van der Waals surface area contributed by atoms with E-state index in [0.717, 1.165) is 0 Å². The number of hydrogen-bond acceptors (Lipinski definition) is 2. The Hall–Kier alpha value is -0.520. The molecule has 0 aliphatic rings. The SMILES string of the molecule is N#CCC[Te]/C=C\C(=O)C(F)(F)F. The van der Waals surface area contributed by atoms with Crippen LogP contribution >= 0.6 is 0 Å². The predicted octanol–water partition coefficient (Wildman–Crippen LogP) is 1.67. The summed E-state index contributed by atoms with van der Waals surface area (Å²) in [5.74, 6) is -1.82. The predicted molar refractivity (Wildman–Crippen MR) is 41.0 cm³/mol. The van der Waals surface area contributed by atoms with Crippen LogP contribution in [0.4, 0.5) is 13.2 Å². The van der Waals surface area contributed by atoms with Gasteiger partial charge in [-0.05, 0) is 0 Å². The first-order valence-electron chi connectivity index (χ1n) is 3.24. The first kappa shape index (κ1) is 12.5. The molecule has 0 aromatic rings. The molecule has 0 saturated heterocycles. The van der Waals surface area contributed by atoms with Gasteiger partial charge < -0.3 is 0 Å². The Bertz CT molecular complexity index is 241. The van der Waals surface area contributed by atoms with Gasteiger partial charge >= 0.3 is 83.3 Å². The van der Waals surface area contributed by atoms with Gasteiger partial charge in [0.05, 0.1) is 0 Å². The van der Waals surface area contributed by atoms with Crippen LogP contribution in [0.25, 0.3) is 0 Å². The molecule has 0 unspecified atom stereocenters. The van der Waals surface area contributed by atoms with Gasteiger partial charge in [0.25, 0.3) is 0 Å². The van der Waals surface area contributed by atoms with Crippen molar-refractivity contribution in [2.45, 2.75) is 17.1 Å². The summed E-state index contributed by atoms with van der Waals surface area (Å²) < 4.78 is 36.6. The van der Waals surface area contributed by atoms with Crippen molar-refractivity contribution in [1.82, 2.24) is 0 Å². The van der Waals surface area contributed by atoms with E-state index in [4.69, 9.17) is 5.26 Å². The summed E-state index contributed by atoms with van der Waals surface area (Å²) in [6.45, 7) is 0. The summed E-state index contributed by atoms with van der Waals surface area (Å²) >= 11 is -0.751. The molecular weight excluding hydrogens is 299 g/mol. The first-order valence-corrected chi connectivity index (χ1v) is 6.24. The van der Waals surface area contributed by atoms with Crippen LogP contribution in [0.5, 0.6) is 0 Å². The maximum absolute atomic E-state index is 11.6. The third kappa shape index (κ3) is 6.62. The van der Waals surface area contributed by atoms with Crippen LogP contribution in [0, 0.1) is 11.3 Å². The molecule has 6 heteroatoms. The van der Waals surface area contributed by atoms with Crippen molar-refractivity contribution < 1.29 is 18.0 Å². The second-order valence-electron chi connectivity index (χ2n) is 1.94. The average molecular weight is 305 g/mol. The average Bonchev–Trinajstić information content (AvgIpc) is 2.02. The maximum atomic E-state index is 11.6. The van der Waals surface area contributed by atoms with Crippen molar-refractivity contribution in [2.24, 2.45) is 0 Å². The van der Waals surface area contributed by atoms with Gasteiger partial charge in [0.15, 0.2) is 0 Å². The number of rotatable bonds is 4. The second-order valence-corrected chi connectivity index (χ2v) is 4.84. The molecule has 13 heavy (non-hydrogen) atoms. The van der Waals surface area contributed by atoms with Crippen molar-refractivity contribution in [3.63, 3.8) is 0 Å². The number of nitrogens with zero attached hydrogens (tertiary/aromatic N) is 1. The van der Waals surface area contributed by atoms with Gasteiger partial charge in [-0.1, -0.05) is 0 Å². The summed E-state index contributed by atoms with van der Waals surface area (Å²) in [6, 6.07) is 1.88. The number of hydrogen-bond donors (Lipinski definition) is 0.